The largest absolute Gasteiger partial charge is 0.504 e. The van der Waals surface area contributed by atoms with E-state index >= 15 is 0 Å². The lowest BCUT2D eigenvalue weighted by molar-refractivity contribution is 0.373. The van der Waals surface area contributed by atoms with Gasteiger partial charge >= 0.3 is 0 Å². The lowest BCUT2D eigenvalue weighted by Crippen LogP contribution is -1.98. The van der Waals surface area contributed by atoms with Gasteiger partial charge in [-0.05, 0) is 23.8 Å². The maximum absolute atomic E-state index is 9.53. The fraction of sp³-hybridized carbons (Fsp3) is 0.0769. The number of furan rings is 1. The van der Waals surface area contributed by atoms with E-state index in [4.69, 9.17) is 9.15 Å². The fourth-order valence-electron chi connectivity index (χ4n) is 1.49. The smallest absolute Gasteiger partial charge is 0.169 e. The second-order valence-electron chi connectivity index (χ2n) is 3.54. The van der Waals surface area contributed by atoms with Crippen molar-refractivity contribution in [1.82, 2.24) is 0 Å². The molecule has 0 saturated carbocycles. The Hall–Kier alpha value is -2.36. The average molecular weight is 232 g/mol. The zero-order valence-corrected chi connectivity index (χ0v) is 9.30. The van der Waals surface area contributed by atoms with Crippen LogP contribution in [0.1, 0.15) is 5.56 Å². The molecule has 0 aliphatic rings. The highest BCUT2D eigenvalue weighted by Crippen LogP contribution is 2.26. The van der Waals surface area contributed by atoms with Crippen molar-refractivity contribution in [3.8, 4) is 17.2 Å². The molecule has 0 aliphatic carbocycles. The van der Waals surface area contributed by atoms with E-state index in [9.17, 15) is 10.2 Å². The molecule has 0 radical (unpaired) electrons. The van der Waals surface area contributed by atoms with Gasteiger partial charge in [-0.25, -0.2) is 0 Å². The second-order valence-corrected chi connectivity index (χ2v) is 3.54. The van der Waals surface area contributed by atoms with Gasteiger partial charge in [0.2, 0.25) is 0 Å². The molecule has 1 aromatic heterocycles. The summed E-state index contributed by atoms with van der Waals surface area (Å²) < 4.78 is 10.2. The number of benzene rings is 1. The summed E-state index contributed by atoms with van der Waals surface area (Å²) in [5.41, 5.74) is 1.45. The molecule has 17 heavy (non-hydrogen) atoms. The summed E-state index contributed by atoms with van der Waals surface area (Å²) in [6.07, 6.45) is 1.63. The van der Waals surface area contributed by atoms with Crippen LogP contribution in [0, 0.1) is 0 Å². The Morgan fingerprint density at radius 2 is 2.00 bits per heavy atom. The van der Waals surface area contributed by atoms with Crippen LogP contribution >= 0.6 is 0 Å². The van der Waals surface area contributed by atoms with Crippen LogP contribution in [0.4, 0.5) is 0 Å². The number of hydrogen-bond donors (Lipinski definition) is 2. The Morgan fingerprint density at radius 3 is 2.59 bits per heavy atom. The van der Waals surface area contributed by atoms with Crippen molar-refractivity contribution in [2.24, 2.45) is 0 Å². The predicted molar refractivity (Wildman–Crippen MR) is 63.4 cm³/mol. The third-order valence-electron chi connectivity index (χ3n) is 2.29. The predicted octanol–water partition coefficient (Wildman–Crippen LogP) is 0.938. The van der Waals surface area contributed by atoms with Gasteiger partial charge in [-0.1, -0.05) is 12.6 Å². The van der Waals surface area contributed by atoms with E-state index in [1.165, 1.54) is 19.2 Å². The second kappa shape index (κ2) is 4.25. The third-order valence-corrected chi connectivity index (χ3v) is 2.29. The van der Waals surface area contributed by atoms with Gasteiger partial charge in [0, 0.05) is 6.07 Å². The Kier molecular flexibility index (Phi) is 2.78. The van der Waals surface area contributed by atoms with Crippen molar-refractivity contribution in [3.05, 3.63) is 40.7 Å². The molecule has 0 unspecified atom stereocenters. The number of ether oxygens (including phenoxy) is 1. The van der Waals surface area contributed by atoms with Gasteiger partial charge in [0.25, 0.3) is 0 Å². The maximum atomic E-state index is 9.53. The summed E-state index contributed by atoms with van der Waals surface area (Å²) >= 11 is 0. The van der Waals surface area contributed by atoms with E-state index in [2.05, 4.69) is 6.58 Å². The van der Waals surface area contributed by atoms with Gasteiger partial charge in [0.15, 0.2) is 22.7 Å². The highest BCUT2D eigenvalue weighted by Gasteiger charge is 2.02. The van der Waals surface area contributed by atoms with Crippen LogP contribution in [-0.4, -0.2) is 17.3 Å². The zero-order valence-electron chi connectivity index (χ0n) is 9.30. The van der Waals surface area contributed by atoms with Gasteiger partial charge in [-0.3, -0.25) is 0 Å². The minimum absolute atomic E-state index is 0.0297. The molecule has 0 bridgehead atoms. The van der Waals surface area contributed by atoms with E-state index in [1.807, 2.05) is 0 Å². The number of hydrogen-bond acceptors (Lipinski definition) is 4. The van der Waals surface area contributed by atoms with E-state index in [0.29, 0.717) is 16.6 Å². The van der Waals surface area contributed by atoms with Gasteiger partial charge in [-0.2, -0.15) is 0 Å². The standard InChI is InChI=1S/C13H12O4/c1-8-5-11(15)13(17-8)7-9-3-4-10(14)12(6-9)16-2/h3-7,14-15H,1H2,2H3/b13-7-. The molecule has 0 amide bonds. The Balaban J connectivity index is 2.52. The molecule has 0 saturated heterocycles. The molecule has 2 rings (SSSR count). The Labute approximate surface area is 97.7 Å². The van der Waals surface area contributed by atoms with Crippen molar-refractivity contribution in [3.63, 3.8) is 0 Å². The molecule has 4 heteroatoms. The first-order valence-electron chi connectivity index (χ1n) is 4.96. The molecule has 2 N–H and O–H groups in total. The molecular weight excluding hydrogens is 220 g/mol. The van der Waals surface area contributed by atoms with Crippen LogP contribution in [0.25, 0.3) is 12.7 Å². The van der Waals surface area contributed by atoms with Crippen molar-refractivity contribution >= 4 is 12.7 Å². The average Bonchev–Trinajstić information content (AvgIpc) is 2.60. The summed E-state index contributed by atoms with van der Waals surface area (Å²) in [5, 5.41) is 19.0. The first kappa shape index (κ1) is 11.1. The molecule has 1 aromatic carbocycles. The van der Waals surface area contributed by atoms with Crippen LogP contribution in [0.15, 0.2) is 28.7 Å². The van der Waals surface area contributed by atoms with Crippen molar-refractivity contribution < 1.29 is 19.4 Å². The van der Waals surface area contributed by atoms with Crippen molar-refractivity contribution in [2.45, 2.75) is 0 Å². The first-order valence-corrected chi connectivity index (χ1v) is 4.96. The maximum Gasteiger partial charge on any atom is 0.169 e. The third kappa shape index (κ3) is 2.25. The molecule has 88 valence electrons. The monoisotopic (exact) mass is 232 g/mol. The van der Waals surface area contributed by atoms with E-state index in [1.54, 1.807) is 18.2 Å². The molecule has 1 heterocycles. The lowest BCUT2D eigenvalue weighted by Gasteiger charge is -2.03. The number of rotatable bonds is 2. The summed E-state index contributed by atoms with van der Waals surface area (Å²) in [4.78, 5) is 0. The summed E-state index contributed by atoms with van der Waals surface area (Å²) in [6.45, 7) is 3.58. The first-order chi connectivity index (χ1) is 8.10. The minimum atomic E-state index is 0.0297. The van der Waals surface area contributed by atoms with Crippen molar-refractivity contribution in [2.75, 3.05) is 7.11 Å². The fourth-order valence-corrected chi connectivity index (χ4v) is 1.49. The Morgan fingerprint density at radius 1 is 1.24 bits per heavy atom. The topological polar surface area (TPSA) is 62.8 Å². The Bertz CT molecular complexity index is 640. The van der Waals surface area contributed by atoms with Crippen molar-refractivity contribution in [1.29, 1.82) is 0 Å². The minimum Gasteiger partial charge on any atom is -0.504 e. The zero-order chi connectivity index (χ0) is 12.4. The quantitative estimate of drug-likeness (QED) is 0.808. The summed E-state index contributed by atoms with van der Waals surface area (Å²) in [6, 6.07) is 6.27. The van der Waals surface area contributed by atoms with Gasteiger partial charge in [0.1, 0.15) is 5.42 Å². The summed E-state index contributed by atoms with van der Waals surface area (Å²) in [7, 11) is 1.47. The van der Waals surface area contributed by atoms with Gasteiger partial charge in [0.05, 0.1) is 7.11 Å². The van der Waals surface area contributed by atoms with Crippen LogP contribution in [0.3, 0.4) is 0 Å². The number of phenolic OH excluding ortho intramolecular Hbond substituents is 1. The molecule has 0 fully saturated rings. The van der Waals surface area contributed by atoms with E-state index in [0.717, 1.165) is 5.56 Å². The van der Waals surface area contributed by atoms with Crippen LogP contribution in [0.2, 0.25) is 0 Å². The lowest BCUT2D eigenvalue weighted by atomic mass is 10.2. The number of methoxy groups -OCH3 is 1. The van der Waals surface area contributed by atoms with Crippen LogP contribution in [-0.2, 0) is 0 Å². The highest BCUT2D eigenvalue weighted by atomic mass is 16.5. The molecular formula is C13H12O4. The van der Waals surface area contributed by atoms with Gasteiger partial charge in [-0.15, -0.1) is 0 Å². The number of phenols is 1. The molecule has 4 nitrogen and oxygen atoms in total. The van der Waals surface area contributed by atoms with Crippen LogP contribution < -0.4 is 15.6 Å². The molecule has 0 atom stereocenters. The number of aromatic hydroxyl groups is 2. The van der Waals surface area contributed by atoms with E-state index in [-0.39, 0.29) is 11.5 Å². The molecule has 0 spiro atoms. The van der Waals surface area contributed by atoms with E-state index < -0.39 is 0 Å². The SMILES string of the molecule is C=c1cc(O)/c(=C/c2ccc(O)c(OC)c2)o1. The molecule has 2 aromatic rings. The normalized spacial score (nSPS) is 11.7. The van der Waals surface area contributed by atoms with Gasteiger partial charge < -0.3 is 19.4 Å². The highest BCUT2D eigenvalue weighted by molar-refractivity contribution is 5.55. The molecule has 0 aliphatic heterocycles. The summed E-state index contributed by atoms with van der Waals surface area (Å²) in [5.74, 6) is 0.452. The van der Waals surface area contributed by atoms with Crippen LogP contribution in [0.5, 0.6) is 17.2 Å².